The van der Waals surface area contributed by atoms with E-state index in [-0.39, 0.29) is 11.5 Å². The Kier molecular flexibility index (Phi) is 5.55. The Bertz CT molecular complexity index is 1180. The summed E-state index contributed by atoms with van der Waals surface area (Å²) in [6.07, 6.45) is 3.09. The van der Waals surface area contributed by atoms with Gasteiger partial charge in [-0.3, -0.25) is 9.59 Å². The molecule has 1 amide bonds. The highest BCUT2D eigenvalue weighted by atomic mass is 16.2. The summed E-state index contributed by atoms with van der Waals surface area (Å²) >= 11 is 0. The van der Waals surface area contributed by atoms with Gasteiger partial charge < -0.3 is 14.4 Å². The van der Waals surface area contributed by atoms with Crippen LogP contribution in [-0.4, -0.2) is 42.6 Å². The molecule has 1 aromatic heterocycles. The SMILES string of the molecule is CCn1c(=O)cc(C2=CCN(C)CC2)c2cc(C(=O)N(C)c3ccccc3)ccc21. The van der Waals surface area contributed by atoms with Gasteiger partial charge in [-0.2, -0.15) is 0 Å². The van der Waals surface area contributed by atoms with Crippen molar-refractivity contribution >= 4 is 28.1 Å². The summed E-state index contributed by atoms with van der Waals surface area (Å²) in [5.74, 6) is -0.0688. The van der Waals surface area contributed by atoms with Crippen LogP contribution >= 0.6 is 0 Å². The molecule has 0 fully saturated rings. The summed E-state index contributed by atoms with van der Waals surface area (Å²) in [5, 5.41) is 0.958. The van der Waals surface area contributed by atoms with Crippen LogP contribution in [-0.2, 0) is 6.54 Å². The number of fused-ring (bicyclic) bond motifs is 1. The van der Waals surface area contributed by atoms with E-state index in [1.54, 1.807) is 22.6 Å². The lowest BCUT2D eigenvalue weighted by molar-refractivity contribution is 0.0993. The second kappa shape index (κ2) is 8.28. The van der Waals surface area contributed by atoms with Crippen LogP contribution in [0, 0.1) is 0 Å². The molecule has 0 unspecified atom stereocenters. The lowest BCUT2D eigenvalue weighted by atomic mass is 9.95. The van der Waals surface area contributed by atoms with E-state index in [9.17, 15) is 9.59 Å². The molecule has 2 aromatic carbocycles. The second-order valence-corrected chi connectivity index (χ2v) is 7.81. The zero-order valence-corrected chi connectivity index (χ0v) is 17.8. The molecule has 154 valence electrons. The van der Waals surface area contributed by atoms with Crippen molar-refractivity contribution in [3.05, 3.63) is 82.2 Å². The number of carbonyl (C=O) groups excluding carboxylic acids is 1. The van der Waals surface area contributed by atoms with Gasteiger partial charge in [0.1, 0.15) is 0 Å². The van der Waals surface area contributed by atoms with Gasteiger partial charge in [-0.15, -0.1) is 0 Å². The molecule has 3 aromatic rings. The van der Waals surface area contributed by atoms with Crippen molar-refractivity contribution in [1.82, 2.24) is 9.47 Å². The Hall–Kier alpha value is -3.18. The number of amides is 1. The summed E-state index contributed by atoms with van der Waals surface area (Å²) in [7, 11) is 3.88. The van der Waals surface area contributed by atoms with Gasteiger partial charge in [-0.1, -0.05) is 24.3 Å². The van der Waals surface area contributed by atoms with E-state index in [4.69, 9.17) is 0 Å². The lowest BCUT2D eigenvalue weighted by Crippen LogP contribution is -2.27. The molecular formula is C25H27N3O2. The Morgan fingerprint density at radius 2 is 1.87 bits per heavy atom. The van der Waals surface area contributed by atoms with Crippen molar-refractivity contribution in [2.24, 2.45) is 0 Å². The number of likely N-dealkylation sites (N-methyl/N-ethyl adjacent to an activating group) is 1. The van der Waals surface area contributed by atoms with E-state index in [0.717, 1.165) is 41.7 Å². The Balaban J connectivity index is 1.84. The number of para-hydroxylation sites is 1. The molecule has 0 saturated carbocycles. The van der Waals surface area contributed by atoms with Crippen molar-refractivity contribution in [2.45, 2.75) is 19.9 Å². The number of nitrogens with zero attached hydrogens (tertiary/aromatic N) is 3. The molecule has 0 atom stereocenters. The van der Waals surface area contributed by atoms with Gasteiger partial charge in [0.05, 0.1) is 5.52 Å². The third kappa shape index (κ3) is 3.68. The average molecular weight is 402 g/mol. The molecule has 2 heterocycles. The molecule has 0 spiro atoms. The van der Waals surface area contributed by atoms with Gasteiger partial charge in [0, 0.05) is 49.4 Å². The van der Waals surface area contributed by atoms with Crippen LogP contribution in [0.25, 0.3) is 16.5 Å². The van der Waals surface area contributed by atoms with Gasteiger partial charge in [-0.05, 0) is 61.9 Å². The third-order valence-electron chi connectivity index (χ3n) is 5.88. The van der Waals surface area contributed by atoms with E-state index in [0.29, 0.717) is 12.1 Å². The van der Waals surface area contributed by atoms with Crippen LogP contribution in [0.4, 0.5) is 5.69 Å². The first-order valence-electron chi connectivity index (χ1n) is 10.4. The molecule has 30 heavy (non-hydrogen) atoms. The molecule has 1 aliphatic rings. The first-order chi connectivity index (χ1) is 14.5. The maximum Gasteiger partial charge on any atom is 0.258 e. The zero-order valence-electron chi connectivity index (χ0n) is 17.8. The molecule has 0 N–H and O–H groups in total. The minimum Gasteiger partial charge on any atom is -0.311 e. The van der Waals surface area contributed by atoms with Crippen molar-refractivity contribution < 1.29 is 4.79 Å². The van der Waals surface area contributed by atoms with E-state index >= 15 is 0 Å². The number of rotatable bonds is 4. The zero-order chi connectivity index (χ0) is 21.3. The number of aromatic nitrogens is 1. The number of pyridine rings is 1. The monoisotopic (exact) mass is 401 g/mol. The van der Waals surface area contributed by atoms with Gasteiger partial charge in [0.2, 0.25) is 0 Å². The topological polar surface area (TPSA) is 45.6 Å². The maximum atomic E-state index is 13.2. The normalized spacial score (nSPS) is 14.6. The maximum absolute atomic E-state index is 13.2. The van der Waals surface area contributed by atoms with Crippen LogP contribution in [0.15, 0.2) is 65.5 Å². The predicted octanol–water partition coefficient (Wildman–Crippen LogP) is 4.02. The first-order valence-corrected chi connectivity index (χ1v) is 10.4. The van der Waals surface area contributed by atoms with Crippen LogP contribution in [0.2, 0.25) is 0 Å². The molecule has 1 aliphatic heterocycles. The second-order valence-electron chi connectivity index (χ2n) is 7.81. The van der Waals surface area contributed by atoms with Gasteiger partial charge in [0.15, 0.2) is 0 Å². The molecule has 0 saturated heterocycles. The van der Waals surface area contributed by atoms with Gasteiger partial charge in [-0.25, -0.2) is 0 Å². The molecule has 0 aliphatic carbocycles. The first kappa shape index (κ1) is 20.1. The van der Waals surface area contributed by atoms with E-state index in [2.05, 4.69) is 18.0 Å². The molecule has 4 rings (SSSR count). The highest BCUT2D eigenvalue weighted by Gasteiger charge is 2.18. The molecular weight excluding hydrogens is 374 g/mol. The summed E-state index contributed by atoms with van der Waals surface area (Å²) in [6.45, 7) is 4.38. The Labute approximate surface area is 176 Å². The average Bonchev–Trinajstić information content (AvgIpc) is 2.78. The van der Waals surface area contributed by atoms with Gasteiger partial charge in [0.25, 0.3) is 11.5 Å². The summed E-state index contributed by atoms with van der Waals surface area (Å²) in [4.78, 5) is 29.8. The largest absolute Gasteiger partial charge is 0.311 e. The Morgan fingerprint density at radius 1 is 1.10 bits per heavy atom. The number of hydrogen-bond acceptors (Lipinski definition) is 3. The van der Waals surface area contributed by atoms with Crippen molar-refractivity contribution in [2.75, 3.05) is 32.1 Å². The highest BCUT2D eigenvalue weighted by molar-refractivity contribution is 6.08. The number of aryl methyl sites for hydroxylation is 1. The number of carbonyl (C=O) groups is 1. The molecule has 0 bridgehead atoms. The molecule has 5 nitrogen and oxygen atoms in total. The summed E-state index contributed by atoms with van der Waals surface area (Å²) in [6, 6.07) is 17.0. The van der Waals surface area contributed by atoms with E-state index < -0.39 is 0 Å². The predicted molar refractivity (Wildman–Crippen MR) is 123 cm³/mol. The molecule has 5 heteroatoms. The van der Waals surface area contributed by atoms with E-state index in [1.165, 1.54) is 5.57 Å². The lowest BCUT2D eigenvalue weighted by Gasteiger charge is -2.24. The highest BCUT2D eigenvalue weighted by Crippen LogP contribution is 2.29. The van der Waals surface area contributed by atoms with Crippen LogP contribution in [0.1, 0.15) is 29.3 Å². The summed E-state index contributed by atoms with van der Waals surface area (Å²) in [5.41, 5.74) is 4.47. The van der Waals surface area contributed by atoms with Crippen LogP contribution in [0.3, 0.4) is 0 Å². The fraction of sp³-hybridized carbons (Fsp3) is 0.280. The van der Waals surface area contributed by atoms with Crippen molar-refractivity contribution in [1.29, 1.82) is 0 Å². The number of hydrogen-bond donors (Lipinski definition) is 0. The van der Waals surface area contributed by atoms with Crippen molar-refractivity contribution in [3.63, 3.8) is 0 Å². The quantitative estimate of drug-likeness (QED) is 0.663. The molecule has 0 radical (unpaired) electrons. The smallest absolute Gasteiger partial charge is 0.258 e. The standard InChI is InChI=1S/C25H27N3O2/c1-4-28-23-11-10-19(25(30)27(3)20-8-6-5-7-9-20)16-22(23)21(17-24(28)29)18-12-14-26(2)15-13-18/h5-12,16-17H,4,13-15H2,1-3H3. The van der Waals surface area contributed by atoms with E-state index in [1.807, 2.05) is 55.5 Å². The fourth-order valence-corrected chi connectivity index (χ4v) is 4.09. The van der Waals surface area contributed by atoms with Crippen LogP contribution in [0.5, 0.6) is 0 Å². The Morgan fingerprint density at radius 3 is 2.53 bits per heavy atom. The minimum atomic E-state index is -0.0688. The fourth-order valence-electron chi connectivity index (χ4n) is 4.09. The van der Waals surface area contributed by atoms with Crippen molar-refractivity contribution in [3.8, 4) is 0 Å². The van der Waals surface area contributed by atoms with Gasteiger partial charge >= 0.3 is 0 Å². The van der Waals surface area contributed by atoms with Crippen LogP contribution < -0.4 is 10.5 Å². The summed E-state index contributed by atoms with van der Waals surface area (Å²) < 4.78 is 1.77. The minimum absolute atomic E-state index is 0.000285. The third-order valence-corrected chi connectivity index (χ3v) is 5.88. The number of anilines is 1. The number of benzene rings is 2.